The molecule has 0 bridgehead atoms. The number of hydrogen-bond acceptors (Lipinski definition) is 2. The average Bonchev–Trinajstić information content (AvgIpc) is 2.52. The van der Waals surface area contributed by atoms with Crippen LogP contribution in [-0.4, -0.2) is 5.25 Å². The van der Waals surface area contributed by atoms with Gasteiger partial charge in [-0.15, -0.1) is 23.1 Å². The van der Waals surface area contributed by atoms with Gasteiger partial charge in [0.1, 0.15) is 0 Å². The van der Waals surface area contributed by atoms with Crippen molar-refractivity contribution in [1.82, 2.24) is 0 Å². The van der Waals surface area contributed by atoms with Crippen molar-refractivity contribution in [3.8, 4) is 0 Å². The summed E-state index contributed by atoms with van der Waals surface area (Å²) in [5.74, 6) is 0. The highest BCUT2D eigenvalue weighted by atomic mass is 32.2. The van der Waals surface area contributed by atoms with Crippen molar-refractivity contribution in [2.75, 3.05) is 0 Å². The molecule has 0 fully saturated rings. The Bertz CT molecular complexity index is 436. The maximum atomic E-state index is 2.36. The largest absolute Gasteiger partial charge is 0.144 e. The molecule has 3 rings (SSSR count). The van der Waals surface area contributed by atoms with E-state index in [-0.39, 0.29) is 0 Å². The normalized spacial score (nSPS) is 25.1. The van der Waals surface area contributed by atoms with Crippen LogP contribution < -0.4 is 9.75 Å². The Morgan fingerprint density at radius 3 is 3.36 bits per heavy atom. The molecular formula is C9H6S2. The van der Waals surface area contributed by atoms with E-state index >= 15 is 0 Å². The predicted molar refractivity (Wildman–Crippen MR) is 52.0 cm³/mol. The molecule has 0 nitrogen and oxygen atoms in total. The van der Waals surface area contributed by atoms with E-state index < -0.39 is 0 Å². The quantitative estimate of drug-likeness (QED) is 0.577. The topological polar surface area (TPSA) is 0 Å². The zero-order valence-corrected chi connectivity index (χ0v) is 7.41. The predicted octanol–water partition coefficient (Wildman–Crippen LogP) is 1.32. The Labute approximate surface area is 72.9 Å². The summed E-state index contributed by atoms with van der Waals surface area (Å²) in [6.45, 7) is 0. The molecular weight excluding hydrogens is 172 g/mol. The van der Waals surface area contributed by atoms with Crippen LogP contribution in [0.2, 0.25) is 0 Å². The Balaban J connectivity index is 2.51. The van der Waals surface area contributed by atoms with Crippen molar-refractivity contribution in [2.45, 2.75) is 5.25 Å². The lowest BCUT2D eigenvalue weighted by atomic mass is 10.2. The smallest absolute Gasteiger partial charge is 0.0541 e. The van der Waals surface area contributed by atoms with Crippen molar-refractivity contribution in [3.05, 3.63) is 32.7 Å². The van der Waals surface area contributed by atoms with Gasteiger partial charge in [-0.2, -0.15) is 0 Å². The van der Waals surface area contributed by atoms with Crippen LogP contribution in [0, 0.1) is 0 Å². The molecule has 11 heavy (non-hydrogen) atoms. The minimum absolute atomic E-state index is 0.637. The number of hydrogen-bond donors (Lipinski definition) is 0. The molecule has 0 saturated carbocycles. The number of allylic oxidation sites excluding steroid dienone is 1. The summed E-state index contributed by atoms with van der Waals surface area (Å²) in [6, 6.07) is 2.22. The third kappa shape index (κ3) is 0.713. The lowest BCUT2D eigenvalue weighted by Gasteiger charge is -1.97. The summed E-state index contributed by atoms with van der Waals surface area (Å²) in [6.07, 6.45) is 4.60. The lowest BCUT2D eigenvalue weighted by Crippen LogP contribution is -2.14. The Hall–Kier alpha value is -0.470. The number of thioether (sulfide) groups is 1. The highest BCUT2D eigenvalue weighted by Gasteiger charge is 2.19. The Morgan fingerprint density at radius 2 is 2.36 bits per heavy atom. The van der Waals surface area contributed by atoms with Crippen LogP contribution in [0.5, 0.6) is 0 Å². The van der Waals surface area contributed by atoms with Gasteiger partial charge >= 0.3 is 0 Å². The number of rotatable bonds is 0. The van der Waals surface area contributed by atoms with Gasteiger partial charge in [-0.3, -0.25) is 0 Å². The Kier molecular flexibility index (Phi) is 1.12. The van der Waals surface area contributed by atoms with E-state index in [1.165, 1.54) is 15.3 Å². The van der Waals surface area contributed by atoms with Gasteiger partial charge in [-0.1, -0.05) is 6.08 Å². The van der Waals surface area contributed by atoms with Crippen molar-refractivity contribution in [1.29, 1.82) is 0 Å². The van der Waals surface area contributed by atoms with Gasteiger partial charge in [0.2, 0.25) is 0 Å². The molecule has 1 unspecified atom stereocenters. The first kappa shape index (κ1) is 6.09. The van der Waals surface area contributed by atoms with Gasteiger partial charge in [0.05, 0.1) is 5.25 Å². The van der Waals surface area contributed by atoms with Gasteiger partial charge in [0, 0.05) is 4.53 Å². The number of fused-ring (bicyclic) bond motifs is 2. The number of thiophene rings is 1. The Morgan fingerprint density at radius 1 is 1.36 bits per heavy atom. The van der Waals surface area contributed by atoms with Gasteiger partial charge in [-0.25, -0.2) is 0 Å². The second-order valence-electron chi connectivity index (χ2n) is 2.68. The van der Waals surface area contributed by atoms with Crippen LogP contribution in [-0.2, 0) is 0 Å². The van der Waals surface area contributed by atoms with Crippen LogP contribution in [0.25, 0.3) is 11.6 Å². The first-order chi connectivity index (χ1) is 5.45. The molecule has 1 atom stereocenters. The lowest BCUT2D eigenvalue weighted by molar-refractivity contribution is 1.60. The van der Waals surface area contributed by atoms with Gasteiger partial charge in [-0.05, 0) is 33.7 Å². The van der Waals surface area contributed by atoms with Crippen LogP contribution in [0.1, 0.15) is 0 Å². The third-order valence-corrected chi connectivity index (χ3v) is 3.95. The summed E-state index contributed by atoms with van der Waals surface area (Å²) < 4.78 is 1.46. The fraction of sp³-hybridized carbons (Fsp3) is 0.111. The van der Waals surface area contributed by atoms with Crippen molar-refractivity contribution < 1.29 is 0 Å². The van der Waals surface area contributed by atoms with Crippen LogP contribution in [0.15, 0.2) is 22.9 Å². The maximum absolute atomic E-state index is 2.36. The van der Waals surface area contributed by atoms with E-state index in [1.54, 1.807) is 0 Å². The summed E-state index contributed by atoms with van der Waals surface area (Å²) in [4.78, 5) is 0. The molecule has 1 aromatic heterocycles. The maximum Gasteiger partial charge on any atom is 0.0541 e. The van der Waals surface area contributed by atoms with E-state index in [9.17, 15) is 0 Å². The molecule has 2 heteroatoms. The van der Waals surface area contributed by atoms with E-state index in [0.717, 1.165) is 0 Å². The minimum Gasteiger partial charge on any atom is -0.144 e. The molecule has 0 N–H and O–H groups in total. The molecule has 1 aromatic rings. The highest BCUT2D eigenvalue weighted by Crippen LogP contribution is 2.31. The van der Waals surface area contributed by atoms with Gasteiger partial charge < -0.3 is 0 Å². The molecule has 0 aromatic carbocycles. The molecule has 0 saturated heterocycles. The zero-order chi connectivity index (χ0) is 7.26. The molecule has 0 spiro atoms. The molecule has 0 amide bonds. The fourth-order valence-electron chi connectivity index (χ4n) is 1.56. The average molecular weight is 178 g/mol. The fourth-order valence-corrected chi connectivity index (χ4v) is 3.49. The first-order valence-corrected chi connectivity index (χ1v) is 5.39. The van der Waals surface area contributed by atoms with E-state index in [1.807, 2.05) is 23.1 Å². The second kappa shape index (κ2) is 2.02. The standard InChI is InChI=1S/C9H6S2/c1-3-10-8-5-9-7(6(1)8)2-4-11-9/h1-5,8H. The second-order valence-corrected chi connectivity index (χ2v) is 4.68. The van der Waals surface area contributed by atoms with Crippen LogP contribution in [0.4, 0.5) is 0 Å². The molecule has 1 aliphatic carbocycles. The van der Waals surface area contributed by atoms with Crippen molar-refractivity contribution >= 4 is 34.7 Å². The van der Waals surface area contributed by atoms with E-state index in [0.29, 0.717) is 5.25 Å². The van der Waals surface area contributed by atoms with Crippen LogP contribution in [0.3, 0.4) is 0 Å². The third-order valence-electron chi connectivity index (χ3n) is 2.09. The van der Waals surface area contributed by atoms with Gasteiger partial charge in [0.15, 0.2) is 0 Å². The zero-order valence-electron chi connectivity index (χ0n) is 5.78. The monoisotopic (exact) mass is 178 g/mol. The van der Waals surface area contributed by atoms with Crippen molar-refractivity contribution in [2.24, 2.45) is 0 Å². The summed E-state index contributed by atoms with van der Waals surface area (Å²) in [7, 11) is 0. The molecule has 0 radical (unpaired) electrons. The van der Waals surface area contributed by atoms with Crippen molar-refractivity contribution in [3.63, 3.8) is 0 Å². The summed E-state index contributed by atoms with van der Waals surface area (Å²) in [5, 5.41) is 6.46. The SMILES string of the molecule is C1=CC2=c3ccsc3=CC2S1. The minimum atomic E-state index is 0.637. The molecule has 1 aliphatic heterocycles. The van der Waals surface area contributed by atoms with Gasteiger partial charge in [0.25, 0.3) is 0 Å². The summed E-state index contributed by atoms with van der Waals surface area (Å²) in [5.41, 5.74) is 1.51. The first-order valence-electron chi connectivity index (χ1n) is 3.57. The van der Waals surface area contributed by atoms with Crippen LogP contribution >= 0.6 is 23.1 Å². The van der Waals surface area contributed by atoms with E-state index in [2.05, 4.69) is 29.0 Å². The molecule has 2 heterocycles. The molecule has 2 aliphatic rings. The summed E-state index contributed by atoms with van der Waals surface area (Å²) >= 11 is 3.75. The molecule has 54 valence electrons. The van der Waals surface area contributed by atoms with E-state index in [4.69, 9.17) is 0 Å². The highest BCUT2D eigenvalue weighted by molar-refractivity contribution is 8.03.